The number of nitrogens with one attached hydrogen (secondary N) is 1. The summed E-state index contributed by atoms with van der Waals surface area (Å²) in [7, 11) is -4.11. The lowest BCUT2D eigenvalue weighted by Gasteiger charge is -2.24. The van der Waals surface area contributed by atoms with Gasteiger partial charge in [0.2, 0.25) is 0 Å². The van der Waals surface area contributed by atoms with Gasteiger partial charge in [-0.2, -0.15) is 5.10 Å². The van der Waals surface area contributed by atoms with E-state index in [1.807, 2.05) is 0 Å². The summed E-state index contributed by atoms with van der Waals surface area (Å²) < 4.78 is 38.2. The van der Waals surface area contributed by atoms with Crippen LogP contribution in [0.5, 0.6) is 5.75 Å². The number of hydrogen-bond donors (Lipinski definition) is 1. The molecule has 1 amide bonds. The molecule has 0 aliphatic heterocycles. The summed E-state index contributed by atoms with van der Waals surface area (Å²) in [5.41, 5.74) is 2.51. The number of esters is 1. The van der Waals surface area contributed by atoms with Crippen LogP contribution >= 0.6 is 23.2 Å². The molecule has 0 bridgehead atoms. The van der Waals surface area contributed by atoms with Crippen molar-refractivity contribution in [1.29, 1.82) is 0 Å². The summed E-state index contributed by atoms with van der Waals surface area (Å²) in [6, 6.07) is 18.6. The molecular weight excluding hydrogens is 565 g/mol. The number of anilines is 1. The van der Waals surface area contributed by atoms with E-state index < -0.39 is 34.0 Å². The number of hydrazone groups is 1. The largest absolute Gasteiger partial charge is 0.482 e. The molecule has 1 N–H and O–H groups in total. The Hall–Kier alpha value is -3.60. The molecule has 0 aliphatic rings. The number of carbonyl (C=O) groups is 2. The molecule has 39 heavy (non-hydrogen) atoms. The third-order valence-electron chi connectivity index (χ3n) is 4.87. The van der Waals surface area contributed by atoms with Crippen molar-refractivity contribution in [3.05, 3.63) is 88.4 Å². The van der Waals surface area contributed by atoms with E-state index in [-0.39, 0.29) is 27.2 Å². The molecule has 0 saturated carbocycles. The molecule has 3 aromatic carbocycles. The van der Waals surface area contributed by atoms with Crippen molar-refractivity contribution in [3.63, 3.8) is 0 Å². The van der Waals surface area contributed by atoms with Gasteiger partial charge in [-0.25, -0.2) is 18.6 Å². The van der Waals surface area contributed by atoms with E-state index in [2.05, 4.69) is 10.5 Å². The first-order chi connectivity index (χ1) is 18.3. The van der Waals surface area contributed by atoms with E-state index in [0.717, 1.165) is 4.31 Å². The number of amides is 1. The normalized spacial score (nSPS) is 11.7. The maximum absolute atomic E-state index is 13.3. The summed E-state index contributed by atoms with van der Waals surface area (Å²) in [5, 5.41) is 4.29. The van der Waals surface area contributed by atoms with E-state index in [1.165, 1.54) is 36.5 Å². The van der Waals surface area contributed by atoms with Gasteiger partial charge in [0.1, 0.15) is 17.9 Å². The Morgan fingerprint density at radius 1 is 0.974 bits per heavy atom. The molecule has 0 aromatic heterocycles. The number of benzene rings is 3. The predicted molar refractivity (Wildman–Crippen MR) is 151 cm³/mol. The second-order valence-electron chi connectivity index (χ2n) is 9.16. The van der Waals surface area contributed by atoms with Crippen LogP contribution in [0.1, 0.15) is 26.3 Å². The van der Waals surface area contributed by atoms with Crippen LogP contribution < -0.4 is 14.5 Å². The Morgan fingerprint density at radius 3 is 2.26 bits per heavy atom. The van der Waals surface area contributed by atoms with Gasteiger partial charge < -0.3 is 9.47 Å². The van der Waals surface area contributed by atoms with E-state index in [0.29, 0.717) is 11.3 Å². The van der Waals surface area contributed by atoms with Crippen molar-refractivity contribution >= 4 is 57.0 Å². The number of rotatable bonds is 10. The summed E-state index contributed by atoms with van der Waals surface area (Å²) in [5.74, 6) is -0.723. The van der Waals surface area contributed by atoms with Crippen LogP contribution in [-0.2, 0) is 24.3 Å². The van der Waals surface area contributed by atoms with E-state index in [4.69, 9.17) is 32.7 Å². The minimum atomic E-state index is -4.11. The van der Waals surface area contributed by atoms with Crippen molar-refractivity contribution in [2.45, 2.75) is 31.3 Å². The summed E-state index contributed by atoms with van der Waals surface area (Å²) >= 11 is 12.1. The van der Waals surface area contributed by atoms with Crippen LogP contribution in [0.25, 0.3) is 0 Å². The van der Waals surface area contributed by atoms with Gasteiger partial charge in [0.05, 0.1) is 26.8 Å². The summed E-state index contributed by atoms with van der Waals surface area (Å²) in [4.78, 5) is 24.5. The molecule has 0 radical (unpaired) electrons. The molecule has 206 valence electrons. The van der Waals surface area contributed by atoms with E-state index >= 15 is 0 Å². The highest BCUT2D eigenvalue weighted by Gasteiger charge is 2.27. The molecule has 3 aromatic rings. The highest BCUT2D eigenvalue weighted by Crippen LogP contribution is 2.30. The molecule has 12 heteroatoms. The lowest BCUT2D eigenvalue weighted by molar-refractivity contribution is -0.157. The van der Waals surface area contributed by atoms with E-state index in [9.17, 15) is 18.0 Å². The van der Waals surface area contributed by atoms with Crippen molar-refractivity contribution in [2.75, 3.05) is 17.5 Å². The highest BCUT2D eigenvalue weighted by atomic mass is 35.5. The zero-order chi connectivity index (χ0) is 28.6. The summed E-state index contributed by atoms with van der Waals surface area (Å²) in [6.45, 7) is 4.51. The molecule has 0 saturated heterocycles. The third-order valence-corrected chi connectivity index (χ3v) is 7.40. The van der Waals surface area contributed by atoms with Crippen LogP contribution in [0.4, 0.5) is 5.69 Å². The van der Waals surface area contributed by atoms with Crippen molar-refractivity contribution in [3.8, 4) is 5.75 Å². The number of carbonyl (C=O) groups excluding carboxylic acids is 2. The average molecular weight is 593 g/mol. The SMILES string of the molecule is CC(C)(C)OC(=O)COc1ccc(C=NNC(=O)CN(c2ccc(Cl)c(Cl)c2)S(=O)(=O)c2ccccc2)cc1. The lowest BCUT2D eigenvalue weighted by atomic mass is 10.2. The molecule has 3 rings (SSSR count). The third kappa shape index (κ3) is 8.98. The first kappa shape index (κ1) is 29.9. The molecule has 0 unspecified atom stereocenters. The van der Waals surface area contributed by atoms with Crippen LogP contribution in [-0.4, -0.2) is 45.3 Å². The standard InChI is InChI=1S/C27H27Cl2N3O6S/c1-27(2,3)38-26(34)18-37-21-12-9-19(10-13-21)16-30-31-25(33)17-32(20-11-14-23(28)24(29)15-20)39(35,36)22-7-5-4-6-8-22/h4-16H,17-18H2,1-3H3,(H,31,33). The fourth-order valence-electron chi connectivity index (χ4n) is 3.18. The van der Waals surface area contributed by atoms with Crippen LogP contribution in [0.2, 0.25) is 10.0 Å². The minimum absolute atomic E-state index is 0.00125. The molecule has 0 spiro atoms. The topological polar surface area (TPSA) is 114 Å². The number of ether oxygens (including phenoxy) is 2. The Labute approximate surface area is 237 Å². The van der Waals surface area contributed by atoms with Gasteiger partial charge in [-0.3, -0.25) is 9.10 Å². The molecule has 0 fully saturated rings. The summed E-state index contributed by atoms with van der Waals surface area (Å²) in [6.07, 6.45) is 1.38. The first-order valence-corrected chi connectivity index (χ1v) is 13.8. The quantitative estimate of drug-likeness (QED) is 0.200. The fraction of sp³-hybridized carbons (Fsp3) is 0.222. The Bertz CT molecular complexity index is 1440. The predicted octanol–water partition coefficient (Wildman–Crippen LogP) is 5.06. The van der Waals surface area contributed by atoms with Gasteiger partial charge in [-0.05, 0) is 80.9 Å². The van der Waals surface area contributed by atoms with Crippen molar-refractivity contribution < 1.29 is 27.5 Å². The molecule has 0 aliphatic carbocycles. The Balaban J connectivity index is 1.66. The van der Waals surface area contributed by atoms with Crippen LogP contribution in [0, 0.1) is 0 Å². The first-order valence-electron chi connectivity index (χ1n) is 11.6. The maximum Gasteiger partial charge on any atom is 0.344 e. The Kier molecular flexibility index (Phi) is 9.96. The lowest BCUT2D eigenvalue weighted by Crippen LogP contribution is -2.39. The van der Waals surface area contributed by atoms with Gasteiger partial charge in [-0.1, -0.05) is 41.4 Å². The number of halogens is 2. The molecular formula is C27H27Cl2N3O6S. The zero-order valence-electron chi connectivity index (χ0n) is 21.4. The highest BCUT2D eigenvalue weighted by molar-refractivity contribution is 7.92. The van der Waals surface area contributed by atoms with Gasteiger partial charge in [0.25, 0.3) is 15.9 Å². The van der Waals surface area contributed by atoms with Crippen LogP contribution in [0.3, 0.4) is 0 Å². The van der Waals surface area contributed by atoms with Crippen molar-refractivity contribution in [1.82, 2.24) is 5.43 Å². The van der Waals surface area contributed by atoms with E-state index in [1.54, 1.807) is 63.2 Å². The number of sulfonamides is 1. The van der Waals surface area contributed by atoms with Gasteiger partial charge in [0, 0.05) is 0 Å². The second-order valence-corrected chi connectivity index (χ2v) is 11.8. The zero-order valence-corrected chi connectivity index (χ0v) is 23.8. The number of nitrogens with zero attached hydrogens (tertiary/aromatic N) is 2. The smallest absolute Gasteiger partial charge is 0.344 e. The fourth-order valence-corrected chi connectivity index (χ4v) is 4.91. The van der Waals surface area contributed by atoms with Gasteiger partial charge in [0.15, 0.2) is 6.61 Å². The average Bonchev–Trinajstić information content (AvgIpc) is 2.88. The molecule has 0 heterocycles. The van der Waals surface area contributed by atoms with Crippen LogP contribution in [0.15, 0.2) is 82.8 Å². The molecule has 0 atom stereocenters. The monoisotopic (exact) mass is 591 g/mol. The second kappa shape index (κ2) is 13.0. The van der Waals surface area contributed by atoms with Crippen molar-refractivity contribution in [2.24, 2.45) is 5.10 Å². The van der Waals surface area contributed by atoms with Gasteiger partial charge in [-0.15, -0.1) is 0 Å². The van der Waals surface area contributed by atoms with Gasteiger partial charge >= 0.3 is 5.97 Å². The maximum atomic E-state index is 13.3. The minimum Gasteiger partial charge on any atom is -0.482 e. The number of hydrogen-bond acceptors (Lipinski definition) is 7. The Morgan fingerprint density at radius 2 is 1.64 bits per heavy atom. The molecule has 9 nitrogen and oxygen atoms in total.